The summed E-state index contributed by atoms with van der Waals surface area (Å²) in [4.78, 5) is 41.6. The highest BCUT2D eigenvalue weighted by Gasteiger charge is 2.24. The molecule has 2 aromatic heterocycles. The summed E-state index contributed by atoms with van der Waals surface area (Å²) in [5.41, 5.74) is 3.62. The third kappa shape index (κ3) is 8.27. The van der Waals surface area contributed by atoms with E-state index < -0.39 is 29.6 Å². The van der Waals surface area contributed by atoms with Gasteiger partial charge >= 0.3 is 12.1 Å². The van der Waals surface area contributed by atoms with Crippen molar-refractivity contribution >= 4 is 39.6 Å². The normalized spacial score (nSPS) is 11.9. The van der Waals surface area contributed by atoms with E-state index in [1.165, 1.54) is 6.07 Å². The topological polar surface area (TPSA) is 157 Å². The lowest BCUT2D eigenvalue weighted by atomic mass is 10.0. The second kappa shape index (κ2) is 13.4. The van der Waals surface area contributed by atoms with Gasteiger partial charge in [0.25, 0.3) is 11.8 Å². The lowest BCUT2D eigenvalue weighted by Crippen LogP contribution is -2.42. The average Bonchev–Trinajstić information content (AvgIpc) is 3.67. The fraction of sp³-hybridized carbons (Fsp3) is 0.206. The van der Waals surface area contributed by atoms with Crippen LogP contribution in [0.1, 0.15) is 42.5 Å². The second-order valence-electron chi connectivity index (χ2n) is 11.6. The fourth-order valence-electron chi connectivity index (χ4n) is 4.47. The Morgan fingerprint density at radius 2 is 1.63 bits per heavy atom. The van der Waals surface area contributed by atoms with Crippen LogP contribution < -0.4 is 10.6 Å². The molecule has 0 fully saturated rings. The SMILES string of the molecule is Cc1ccc(-c2ccc(C(=O)NC(Cc3cc(Br)cc(-c4noc(-c5ccc(NC(=O)OC(C)(C)C)cc5)n4)c3)C(=O)O)o2)cc1. The van der Waals surface area contributed by atoms with E-state index in [1.807, 2.05) is 31.2 Å². The van der Waals surface area contributed by atoms with E-state index in [0.717, 1.165) is 11.1 Å². The van der Waals surface area contributed by atoms with Crippen LogP contribution in [-0.2, 0) is 16.0 Å². The number of aryl methyl sites for hydroxylation is 1. The third-order valence-corrected chi connectivity index (χ3v) is 7.09. The second-order valence-corrected chi connectivity index (χ2v) is 12.5. The molecule has 236 valence electrons. The summed E-state index contributed by atoms with van der Waals surface area (Å²) in [6.45, 7) is 7.32. The van der Waals surface area contributed by atoms with Gasteiger partial charge in [-0.15, -0.1) is 0 Å². The van der Waals surface area contributed by atoms with Gasteiger partial charge in [-0.05, 0) is 87.9 Å². The molecule has 2 heterocycles. The number of nitrogens with zero attached hydrogens (tertiary/aromatic N) is 2. The van der Waals surface area contributed by atoms with Crippen LogP contribution in [0.25, 0.3) is 34.2 Å². The first-order valence-corrected chi connectivity index (χ1v) is 15.1. The number of hydrogen-bond donors (Lipinski definition) is 3. The molecular weight excluding hydrogens is 656 g/mol. The van der Waals surface area contributed by atoms with Crippen molar-refractivity contribution in [1.82, 2.24) is 15.5 Å². The number of carboxylic acids is 1. The Bertz CT molecular complexity index is 1870. The molecule has 12 heteroatoms. The number of furan rings is 1. The highest BCUT2D eigenvalue weighted by molar-refractivity contribution is 9.10. The first kappa shape index (κ1) is 32.2. The van der Waals surface area contributed by atoms with Crippen LogP contribution in [-0.4, -0.2) is 44.9 Å². The summed E-state index contributed by atoms with van der Waals surface area (Å²) in [5.74, 6) is -0.808. The Hall–Kier alpha value is -5.23. The highest BCUT2D eigenvalue weighted by atomic mass is 79.9. The molecule has 0 aliphatic heterocycles. The van der Waals surface area contributed by atoms with Crippen LogP contribution in [0.2, 0.25) is 0 Å². The van der Waals surface area contributed by atoms with Crippen molar-refractivity contribution in [3.63, 3.8) is 0 Å². The molecule has 3 N–H and O–H groups in total. The maximum Gasteiger partial charge on any atom is 0.412 e. The molecule has 0 aliphatic rings. The Labute approximate surface area is 273 Å². The van der Waals surface area contributed by atoms with E-state index in [4.69, 9.17) is 13.7 Å². The molecule has 1 atom stereocenters. The number of benzene rings is 3. The van der Waals surface area contributed by atoms with Gasteiger partial charge in [-0.1, -0.05) is 50.9 Å². The Balaban J connectivity index is 1.27. The van der Waals surface area contributed by atoms with Crippen LogP contribution in [0, 0.1) is 6.92 Å². The van der Waals surface area contributed by atoms with Gasteiger partial charge in [0, 0.05) is 33.3 Å². The van der Waals surface area contributed by atoms with Crippen molar-refractivity contribution in [2.24, 2.45) is 0 Å². The van der Waals surface area contributed by atoms with Crippen LogP contribution in [0.5, 0.6) is 0 Å². The van der Waals surface area contributed by atoms with Crippen molar-refractivity contribution in [1.29, 1.82) is 0 Å². The Kier molecular flexibility index (Phi) is 9.38. The third-order valence-electron chi connectivity index (χ3n) is 6.63. The molecule has 0 saturated heterocycles. The number of nitrogens with one attached hydrogen (secondary N) is 2. The van der Waals surface area contributed by atoms with Crippen LogP contribution >= 0.6 is 15.9 Å². The predicted octanol–water partition coefficient (Wildman–Crippen LogP) is 7.51. The number of carbonyl (C=O) groups is 3. The molecule has 5 rings (SSSR count). The summed E-state index contributed by atoms with van der Waals surface area (Å²) >= 11 is 3.47. The van der Waals surface area contributed by atoms with Crippen LogP contribution in [0.4, 0.5) is 10.5 Å². The molecule has 0 bridgehead atoms. The number of halogens is 1. The zero-order valence-electron chi connectivity index (χ0n) is 25.5. The average molecular weight is 688 g/mol. The van der Waals surface area contributed by atoms with Crippen molar-refractivity contribution in [2.75, 3.05) is 5.32 Å². The summed E-state index contributed by atoms with van der Waals surface area (Å²) in [6, 6.07) is 21.7. The van der Waals surface area contributed by atoms with Crippen LogP contribution in [0.15, 0.2) is 92.3 Å². The summed E-state index contributed by atoms with van der Waals surface area (Å²) in [5, 5.41) is 19.2. The van der Waals surface area contributed by atoms with E-state index >= 15 is 0 Å². The highest BCUT2D eigenvalue weighted by Crippen LogP contribution is 2.28. The van der Waals surface area contributed by atoms with Crippen LogP contribution in [0.3, 0.4) is 0 Å². The molecule has 11 nitrogen and oxygen atoms in total. The van der Waals surface area contributed by atoms with E-state index in [9.17, 15) is 19.5 Å². The zero-order valence-corrected chi connectivity index (χ0v) is 27.0. The molecule has 3 aromatic carbocycles. The van der Waals surface area contributed by atoms with Gasteiger partial charge in [0.15, 0.2) is 5.76 Å². The smallest absolute Gasteiger partial charge is 0.412 e. The largest absolute Gasteiger partial charge is 0.480 e. The Morgan fingerprint density at radius 3 is 2.30 bits per heavy atom. The summed E-state index contributed by atoms with van der Waals surface area (Å²) in [7, 11) is 0. The number of hydrogen-bond acceptors (Lipinski definition) is 8. The quantitative estimate of drug-likeness (QED) is 0.143. The number of carbonyl (C=O) groups excluding carboxylic acids is 2. The summed E-state index contributed by atoms with van der Waals surface area (Å²) in [6.07, 6.45) is -0.584. The predicted molar refractivity (Wildman–Crippen MR) is 174 cm³/mol. The lowest BCUT2D eigenvalue weighted by Gasteiger charge is -2.19. The van der Waals surface area contributed by atoms with Crippen molar-refractivity contribution in [3.05, 3.63) is 100 Å². The maximum atomic E-state index is 12.9. The fourth-order valence-corrected chi connectivity index (χ4v) is 5.01. The molecule has 46 heavy (non-hydrogen) atoms. The molecule has 0 aliphatic carbocycles. The van der Waals surface area contributed by atoms with Gasteiger partial charge in [-0.3, -0.25) is 10.1 Å². The van der Waals surface area contributed by atoms with E-state index in [1.54, 1.807) is 69.3 Å². The van der Waals surface area contributed by atoms with Gasteiger partial charge in [0.1, 0.15) is 17.4 Å². The standard InChI is InChI=1S/C34H31BrN4O7/c1-19-5-7-21(8-6-19)27-13-14-28(44-27)30(40)37-26(32(41)42)17-20-15-23(18-24(35)16-20)29-38-31(46-39-29)22-9-11-25(12-10-22)36-33(43)45-34(2,3)4/h5-16,18,26H,17H2,1-4H3,(H,36,43)(H,37,40)(H,41,42). The first-order chi connectivity index (χ1) is 21.8. The molecule has 0 saturated carbocycles. The maximum absolute atomic E-state index is 12.9. The number of aliphatic carboxylic acids is 1. The zero-order chi connectivity index (χ0) is 33.0. The molecule has 0 radical (unpaired) electrons. The van der Waals surface area contributed by atoms with E-state index in [0.29, 0.717) is 32.6 Å². The number of amides is 2. The van der Waals surface area contributed by atoms with Gasteiger partial charge < -0.3 is 24.1 Å². The van der Waals surface area contributed by atoms with Gasteiger partial charge in [-0.2, -0.15) is 4.98 Å². The minimum absolute atomic E-state index is 0.00439. The van der Waals surface area contributed by atoms with E-state index in [-0.39, 0.29) is 23.9 Å². The molecular formula is C34H31BrN4O7. The Morgan fingerprint density at radius 1 is 0.935 bits per heavy atom. The number of carboxylic acid groups (broad SMARTS) is 1. The number of rotatable bonds is 9. The molecule has 1 unspecified atom stereocenters. The lowest BCUT2D eigenvalue weighted by molar-refractivity contribution is -0.139. The first-order valence-electron chi connectivity index (χ1n) is 14.3. The number of ether oxygens (including phenoxy) is 1. The van der Waals surface area contributed by atoms with Crippen molar-refractivity contribution < 1.29 is 33.2 Å². The van der Waals surface area contributed by atoms with Crippen molar-refractivity contribution in [3.8, 4) is 34.2 Å². The summed E-state index contributed by atoms with van der Waals surface area (Å²) < 4.78 is 17.1. The minimum Gasteiger partial charge on any atom is -0.480 e. The van der Waals surface area contributed by atoms with E-state index in [2.05, 4.69) is 36.7 Å². The van der Waals surface area contributed by atoms with Crippen molar-refractivity contribution in [2.45, 2.75) is 45.8 Å². The molecule has 5 aromatic rings. The number of anilines is 1. The van der Waals surface area contributed by atoms with Gasteiger partial charge in [-0.25, -0.2) is 9.59 Å². The number of aromatic nitrogens is 2. The molecule has 0 spiro atoms. The minimum atomic E-state index is -1.24. The molecule has 2 amide bonds. The van der Waals surface area contributed by atoms with Gasteiger partial charge in [0.05, 0.1) is 0 Å². The van der Waals surface area contributed by atoms with Gasteiger partial charge in [0.2, 0.25) is 5.82 Å². The monoisotopic (exact) mass is 686 g/mol.